The lowest BCUT2D eigenvalue weighted by molar-refractivity contribution is 0.0161. The predicted molar refractivity (Wildman–Crippen MR) is 76.6 cm³/mol. The van der Waals surface area contributed by atoms with E-state index in [-0.39, 0.29) is 17.6 Å². The van der Waals surface area contributed by atoms with Crippen LogP contribution in [-0.2, 0) is 19.5 Å². The van der Waals surface area contributed by atoms with Crippen LogP contribution in [-0.4, -0.2) is 52.1 Å². The van der Waals surface area contributed by atoms with Crippen molar-refractivity contribution in [2.45, 2.75) is 23.8 Å². The van der Waals surface area contributed by atoms with E-state index >= 15 is 0 Å². The zero-order valence-electron chi connectivity index (χ0n) is 12.1. The second-order valence-corrected chi connectivity index (χ2v) is 7.20. The minimum Gasteiger partial charge on any atom is -0.459 e. The summed E-state index contributed by atoms with van der Waals surface area (Å²) in [5.41, 5.74) is 0.325. The molecule has 116 valence electrons. The molecule has 0 aromatic heterocycles. The lowest BCUT2D eigenvalue weighted by Gasteiger charge is -2.12. The average molecular weight is 313 g/mol. The molecule has 6 nitrogen and oxygen atoms in total. The number of hydrogen-bond acceptors (Lipinski definition) is 5. The monoisotopic (exact) mass is 313 g/mol. The van der Waals surface area contributed by atoms with Crippen molar-refractivity contribution in [3.8, 4) is 0 Å². The molecule has 1 aliphatic heterocycles. The first kappa shape index (κ1) is 15.9. The van der Waals surface area contributed by atoms with E-state index < -0.39 is 16.0 Å². The molecule has 0 bridgehead atoms. The summed E-state index contributed by atoms with van der Waals surface area (Å²) in [6.45, 7) is 0.940. The summed E-state index contributed by atoms with van der Waals surface area (Å²) < 4.78 is 35.5. The normalized spacial score (nSPS) is 18.9. The Morgan fingerprint density at radius 1 is 1.33 bits per heavy atom. The van der Waals surface area contributed by atoms with Crippen LogP contribution in [0.2, 0.25) is 0 Å². The number of carbonyl (C=O) groups excluding carboxylic acids is 1. The van der Waals surface area contributed by atoms with Gasteiger partial charge in [0.15, 0.2) is 0 Å². The third-order valence-corrected chi connectivity index (χ3v) is 5.12. The van der Waals surface area contributed by atoms with E-state index in [0.29, 0.717) is 12.2 Å². The van der Waals surface area contributed by atoms with Crippen molar-refractivity contribution in [2.75, 3.05) is 27.3 Å². The Bertz CT molecular complexity index is 588. The quantitative estimate of drug-likeness (QED) is 0.766. The minimum atomic E-state index is -3.48. The summed E-state index contributed by atoms with van der Waals surface area (Å²) in [7, 11) is -0.569. The van der Waals surface area contributed by atoms with Crippen LogP contribution in [0.3, 0.4) is 0 Å². The second-order valence-electron chi connectivity index (χ2n) is 5.05. The van der Waals surface area contributed by atoms with Crippen LogP contribution in [0.5, 0.6) is 0 Å². The fraction of sp³-hybridized carbons (Fsp3) is 0.500. The maximum atomic E-state index is 11.9. The topological polar surface area (TPSA) is 72.9 Å². The summed E-state index contributed by atoms with van der Waals surface area (Å²) >= 11 is 0. The number of benzene rings is 1. The maximum absolute atomic E-state index is 11.9. The van der Waals surface area contributed by atoms with E-state index in [2.05, 4.69) is 0 Å². The van der Waals surface area contributed by atoms with Gasteiger partial charge in [-0.05, 0) is 37.1 Å². The Hall–Kier alpha value is -1.44. The molecule has 0 amide bonds. The van der Waals surface area contributed by atoms with Gasteiger partial charge in [0.05, 0.1) is 16.6 Å². The standard InChI is InChI=1S/C14H19NO5S/c1-15(2)21(17,18)13-7-5-11(6-8-13)14(16)20-10-12-4-3-9-19-12/h5-8,12H,3-4,9-10H2,1-2H3/t12-/m0/s1. The fourth-order valence-electron chi connectivity index (χ4n) is 2.00. The zero-order valence-corrected chi connectivity index (χ0v) is 12.9. The van der Waals surface area contributed by atoms with Crippen molar-refractivity contribution in [1.82, 2.24) is 4.31 Å². The number of sulfonamides is 1. The van der Waals surface area contributed by atoms with Crippen LogP contribution in [0.25, 0.3) is 0 Å². The van der Waals surface area contributed by atoms with Gasteiger partial charge in [0, 0.05) is 20.7 Å². The first-order valence-electron chi connectivity index (χ1n) is 6.72. The summed E-state index contributed by atoms with van der Waals surface area (Å²) in [5.74, 6) is -0.473. The maximum Gasteiger partial charge on any atom is 0.338 e. The van der Waals surface area contributed by atoms with E-state index in [1.807, 2.05) is 0 Å². The van der Waals surface area contributed by atoms with Crippen LogP contribution < -0.4 is 0 Å². The molecule has 7 heteroatoms. The summed E-state index contributed by atoms with van der Waals surface area (Å²) in [5, 5.41) is 0. The number of ether oxygens (including phenoxy) is 2. The lowest BCUT2D eigenvalue weighted by atomic mass is 10.2. The van der Waals surface area contributed by atoms with Crippen molar-refractivity contribution >= 4 is 16.0 Å². The van der Waals surface area contributed by atoms with Gasteiger partial charge in [-0.2, -0.15) is 0 Å². The Labute approximate surface area is 124 Å². The lowest BCUT2D eigenvalue weighted by Crippen LogP contribution is -2.22. The Morgan fingerprint density at radius 2 is 2.00 bits per heavy atom. The molecular formula is C14H19NO5S. The van der Waals surface area contributed by atoms with Crippen molar-refractivity contribution < 1.29 is 22.7 Å². The van der Waals surface area contributed by atoms with Gasteiger partial charge < -0.3 is 9.47 Å². The highest BCUT2D eigenvalue weighted by Crippen LogP contribution is 2.16. The van der Waals surface area contributed by atoms with Crippen molar-refractivity contribution in [3.63, 3.8) is 0 Å². The van der Waals surface area contributed by atoms with E-state index in [1.165, 1.54) is 38.4 Å². The molecular weight excluding hydrogens is 294 g/mol. The average Bonchev–Trinajstić information content (AvgIpc) is 2.98. The summed E-state index contributed by atoms with van der Waals surface area (Å²) in [6, 6.07) is 5.71. The number of hydrogen-bond donors (Lipinski definition) is 0. The smallest absolute Gasteiger partial charge is 0.338 e. The van der Waals surface area contributed by atoms with Crippen molar-refractivity contribution in [1.29, 1.82) is 0 Å². The molecule has 2 rings (SSSR count). The summed E-state index contributed by atoms with van der Waals surface area (Å²) in [4.78, 5) is 12.0. The van der Waals surface area contributed by atoms with Gasteiger partial charge in [-0.25, -0.2) is 17.5 Å². The molecule has 1 saturated heterocycles. The molecule has 21 heavy (non-hydrogen) atoms. The van der Waals surface area contributed by atoms with Crippen LogP contribution in [0, 0.1) is 0 Å². The molecule has 1 atom stereocenters. The molecule has 0 radical (unpaired) electrons. The highest BCUT2D eigenvalue weighted by atomic mass is 32.2. The molecule has 0 N–H and O–H groups in total. The zero-order chi connectivity index (χ0) is 15.5. The molecule has 1 aliphatic rings. The molecule has 0 aliphatic carbocycles. The number of rotatable bonds is 5. The van der Waals surface area contributed by atoms with Gasteiger partial charge in [-0.15, -0.1) is 0 Å². The first-order valence-corrected chi connectivity index (χ1v) is 8.16. The SMILES string of the molecule is CN(C)S(=O)(=O)c1ccc(C(=O)OC[C@@H]2CCCO2)cc1. The van der Waals surface area contributed by atoms with Crippen molar-refractivity contribution in [2.24, 2.45) is 0 Å². The van der Waals surface area contributed by atoms with Gasteiger partial charge >= 0.3 is 5.97 Å². The minimum absolute atomic E-state index is 0.0256. The van der Waals surface area contributed by atoms with Crippen LogP contribution in [0.4, 0.5) is 0 Å². The van der Waals surface area contributed by atoms with E-state index in [4.69, 9.17) is 9.47 Å². The van der Waals surface area contributed by atoms with E-state index in [1.54, 1.807) is 0 Å². The van der Waals surface area contributed by atoms with Gasteiger partial charge in [0.25, 0.3) is 0 Å². The molecule has 1 heterocycles. The Kier molecular flexibility index (Phi) is 4.97. The first-order chi connectivity index (χ1) is 9.91. The van der Waals surface area contributed by atoms with E-state index in [9.17, 15) is 13.2 Å². The molecule has 1 fully saturated rings. The Morgan fingerprint density at radius 3 is 2.52 bits per heavy atom. The Balaban J connectivity index is 1.99. The molecule has 1 aromatic rings. The van der Waals surface area contributed by atoms with Gasteiger partial charge in [0.2, 0.25) is 10.0 Å². The van der Waals surface area contributed by atoms with Crippen molar-refractivity contribution in [3.05, 3.63) is 29.8 Å². The largest absolute Gasteiger partial charge is 0.459 e. The highest BCUT2D eigenvalue weighted by molar-refractivity contribution is 7.89. The van der Waals surface area contributed by atoms with Crippen LogP contribution >= 0.6 is 0 Å². The summed E-state index contributed by atoms with van der Waals surface area (Å²) in [6.07, 6.45) is 1.86. The molecule has 0 saturated carbocycles. The van der Waals surface area contributed by atoms with Gasteiger partial charge in [0.1, 0.15) is 6.61 Å². The molecule has 0 unspecified atom stereocenters. The third kappa shape index (κ3) is 3.81. The second kappa shape index (κ2) is 6.55. The van der Waals surface area contributed by atoms with Gasteiger partial charge in [-0.1, -0.05) is 0 Å². The van der Waals surface area contributed by atoms with Gasteiger partial charge in [-0.3, -0.25) is 0 Å². The van der Waals surface area contributed by atoms with Crippen LogP contribution in [0.15, 0.2) is 29.2 Å². The molecule has 1 aromatic carbocycles. The number of esters is 1. The number of nitrogens with zero attached hydrogens (tertiary/aromatic N) is 1. The highest BCUT2D eigenvalue weighted by Gasteiger charge is 2.20. The number of carbonyl (C=O) groups is 1. The third-order valence-electron chi connectivity index (χ3n) is 3.29. The van der Waals surface area contributed by atoms with Crippen LogP contribution in [0.1, 0.15) is 23.2 Å². The molecule has 0 spiro atoms. The fourth-order valence-corrected chi connectivity index (χ4v) is 2.90. The van der Waals surface area contributed by atoms with E-state index in [0.717, 1.165) is 17.1 Å². The predicted octanol–water partition coefficient (Wildman–Crippen LogP) is 1.27.